The minimum Gasteiger partial charge on any atom is -0.383 e. The summed E-state index contributed by atoms with van der Waals surface area (Å²) in [4.78, 5) is 11.6. The molecule has 3 N–H and O–H groups in total. The molecule has 0 bridgehead atoms. The van der Waals surface area contributed by atoms with E-state index in [1.165, 1.54) is 0 Å². The maximum Gasteiger partial charge on any atom is 0.238 e. The van der Waals surface area contributed by atoms with Crippen molar-refractivity contribution in [2.75, 3.05) is 42.6 Å². The molecule has 22 heavy (non-hydrogen) atoms. The van der Waals surface area contributed by atoms with Gasteiger partial charge in [0.15, 0.2) is 0 Å². The lowest BCUT2D eigenvalue weighted by atomic mass is 10.3. The SMILES string of the molecule is CCS(=O)(=O)Nc1ccc(NC(=O)CNCCOC)cc1.Cl. The predicted octanol–water partition coefficient (Wildman–Crippen LogP) is 1.04. The molecule has 7 nitrogen and oxygen atoms in total. The van der Waals surface area contributed by atoms with Crippen LogP contribution in [0.1, 0.15) is 6.92 Å². The Morgan fingerprint density at radius 2 is 1.77 bits per heavy atom. The Bertz CT molecular complexity index is 549. The van der Waals surface area contributed by atoms with Crippen LogP contribution in [-0.4, -0.2) is 46.9 Å². The monoisotopic (exact) mass is 351 g/mol. The number of carbonyl (C=O) groups is 1. The van der Waals surface area contributed by atoms with Crippen LogP contribution in [0.2, 0.25) is 0 Å². The topological polar surface area (TPSA) is 96.5 Å². The Labute approximate surface area is 137 Å². The van der Waals surface area contributed by atoms with Gasteiger partial charge in [0.1, 0.15) is 0 Å². The predicted molar refractivity (Wildman–Crippen MR) is 90.1 cm³/mol. The number of methoxy groups -OCH3 is 1. The first-order chi connectivity index (χ1) is 9.96. The van der Waals surface area contributed by atoms with Gasteiger partial charge in [-0.15, -0.1) is 12.4 Å². The molecule has 0 unspecified atom stereocenters. The lowest BCUT2D eigenvalue weighted by molar-refractivity contribution is -0.115. The molecule has 0 aliphatic carbocycles. The van der Waals surface area contributed by atoms with Crippen LogP contribution < -0.4 is 15.4 Å². The summed E-state index contributed by atoms with van der Waals surface area (Å²) in [5, 5.41) is 5.63. The second kappa shape index (κ2) is 10.4. The van der Waals surface area contributed by atoms with Crippen molar-refractivity contribution in [2.24, 2.45) is 0 Å². The van der Waals surface area contributed by atoms with Gasteiger partial charge in [-0.05, 0) is 31.2 Å². The molecule has 0 heterocycles. The molecule has 0 spiro atoms. The second-order valence-electron chi connectivity index (χ2n) is 4.30. The zero-order valence-electron chi connectivity index (χ0n) is 12.6. The fraction of sp³-hybridized carbons (Fsp3) is 0.462. The van der Waals surface area contributed by atoms with E-state index in [1.54, 1.807) is 38.3 Å². The highest BCUT2D eigenvalue weighted by atomic mass is 35.5. The van der Waals surface area contributed by atoms with Crippen molar-refractivity contribution in [1.29, 1.82) is 0 Å². The van der Waals surface area contributed by atoms with Crippen LogP contribution in [0.4, 0.5) is 11.4 Å². The summed E-state index contributed by atoms with van der Waals surface area (Å²) in [7, 11) is -1.69. The first kappa shape index (κ1) is 20.6. The van der Waals surface area contributed by atoms with Crippen molar-refractivity contribution in [3.05, 3.63) is 24.3 Å². The van der Waals surface area contributed by atoms with E-state index in [4.69, 9.17) is 4.74 Å². The molecule has 1 aromatic carbocycles. The minimum absolute atomic E-state index is 0. The number of anilines is 2. The first-order valence-electron chi connectivity index (χ1n) is 6.57. The van der Waals surface area contributed by atoms with Gasteiger partial charge in [0, 0.05) is 25.0 Å². The fourth-order valence-corrected chi connectivity index (χ4v) is 2.09. The summed E-state index contributed by atoms with van der Waals surface area (Å²) in [5.41, 5.74) is 1.07. The zero-order chi connectivity index (χ0) is 15.7. The third-order valence-corrected chi connectivity index (χ3v) is 3.90. The molecular weight excluding hydrogens is 330 g/mol. The van der Waals surface area contributed by atoms with E-state index >= 15 is 0 Å². The van der Waals surface area contributed by atoms with E-state index in [0.717, 1.165) is 0 Å². The molecule has 1 rings (SSSR count). The molecule has 0 aromatic heterocycles. The summed E-state index contributed by atoms with van der Waals surface area (Å²) in [6.45, 7) is 2.89. The highest BCUT2D eigenvalue weighted by molar-refractivity contribution is 7.92. The van der Waals surface area contributed by atoms with Gasteiger partial charge in [-0.25, -0.2) is 8.42 Å². The number of nitrogens with one attached hydrogen (secondary N) is 3. The van der Waals surface area contributed by atoms with Crippen LogP contribution in [-0.2, 0) is 19.6 Å². The van der Waals surface area contributed by atoms with Gasteiger partial charge in [-0.1, -0.05) is 0 Å². The van der Waals surface area contributed by atoms with Crippen molar-refractivity contribution >= 4 is 39.7 Å². The number of carbonyl (C=O) groups excluding carboxylic acids is 1. The summed E-state index contributed by atoms with van der Waals surface area (Å²) in [6.07, 6.45) is 0. The molecule has 126 valence electrons. The molecule has 0 saturated heterocycles. The number of ether oxygens (including phenoxy) is 1. The smallest absolute Gasteiger partial charge is 0.238 e. The normalized spacial score (nSPS) is 10.6. The molecule has 0 atom stereocenters. The van der Waals surface area contributed by atoms with Crippen molar-refractivity contribution < 1.29 is 17.9 Å². The molecule has 0 aliphatic heterocycles. The Balaban J connectivity index is 0.00000441. The van der Waals surface area contributed by atoms with E-state index in [9.17, 15) is 13.2 Å². The van der Waals surface area contributed by atoms with Crippen LogP contribution in [0.3, 0.4) is 0 Å². The largest absolute Gasteiger partial charge is 0.383 e. The van der Waals surface area contributed by atoms with E-state index in [0.29, 0.717) is 24.5 Å². The Morgan fingerprint density at radius 3 is 2.32 bits per heavy atom. The van der Waals surface area contributed by atoms with E-state index in [2.05, 4.69) is 15.4 Å². The maximum absolute atomic E-state index is 11.6. The van der Waals surface area contributed by atoms with Gasteiger partial charge in [-0.2, -0.15) is 0 Å². The number of amides is 1. The molecule has 1 aromatic rings. The first-order valence-corrected chi connectivity index (χ1v) is 8.22. The molecule has 0 aliphatic rings. The number of hydrogen-bond donors (Lipinski definition) is 3. The number of rotatable bonds is 9. The van der Waals surface area contributed by atoms with E-state index in [1.807, 2.05) is 0 Å². The highest BCUT2D eigenvalue weighted by Crippen LogP contribution is 2.14. The van der Waals surface area contributed by atoms with Gasteiger partial charge in [-0.3, -0.25) is 9.52 Å². The standard InChI is InChI=1S/C13H21N3O4S.ClH/c1-3-21(18,19)16-12-6-4-11(5-7-12)15-13(17)10-14-8-9-20-2;/h4-7,14,16H,3,8-10H2,1-2H3,(H,15,17);1H. The average Bonchev–Trinajstić information content (AvgIpc) is 2.45. The summed E-state index contributed by atoms with van der Waals surface area (Å²) < 4.78 is 30.1. The van der Waals surface area contributed by atoms with E-state index < -0.39 is 10.0 Å². The second-order valence-corrected chi connectivity index (χ2v) is 6.31. The van der Waals surface area contributed by atoms with Gasteiger partial charge < -0.3 is 15.4 Å². The summed E-state index contributed by atoms with van der Waals surface area (Å²) in [5.74, 6) is -0.161. The Hall–Kier alpha value is -1.35. The van der Waals surface area contributed by atoms with Gasteiger partial charge in [0.2, 0.25) is 15.9 Å². The maximum atomic E-state index is 11.6. The van der Waals surface area contributed by atoms with Crippen molar-refractivity contribution in [3.63, 3.8) is 0 Å². The highest BCUT2D eigenvalue weighted by Gasteiger charge is 2.07. The lowest BCUT2D eigenvalue weighted by Gasteiger charge is -2.09. The lowest BCUT2D eigenvalue weighted by Crippen LogP contribution is -2.30. The fourth-order valence-electron chi connectivity index (χ4n) is 1.45. The Morgan fingerprint density at radius 1 is 1.18 bits per heavy atom. The molecule has 0 saturated carbocycles. The number of sulfonamides is 1. The number of halogens is 1. The molecular formula is C13H22ClN3O4S. The van der Waals surface area contributed by atoms with Crippen molar-refractivity contribution in [1.82, 2.24) is 5.32 Å². The zero-order valence-corrected chi connectivity index (χ0v) is 14.2. The molecule has 9 heteroatoms. The number of hydrogen-bond acceptors (Lipinski definition) is 5. The minimum atomic E-state index is -3.29. The van der Waals surface area contributed by atoms with Crippen molar-refractivity contribution in [2.45, 2.75) is 6.92 Å². The van der Waals surface area contributed by atoms with Gasteiger partial charge in [0.05, 0.1) is 18.9 Å². The third kappa shape index (κ3) is 8.18. The number of benzene rings is 1. The summed E-state index contributed by atoms with van der Waals surface area (Å²) >= 11 is 0. The third-order valence-electron chi connectivity index (χ3n) is 2.59. The van der Waals surface area contributed by atoms with Crippen LogP contribution in [0.5, 0.6) is 0 Å². The average molecular weight is 352 g/mol. The van der Waals surface area contributed by atoms with Crippen LogP contribution in [0.15, 0.2) is 24.3 Å². The summed E-state index contributed by atoms with van der Waals surface area (Å²) in [6, 6.07) is 6.48. The van der Waals surface area contributed by atoms with Crippen LogP contribution in [0.25, 0.3) is 0 Å². The van der Waals surface area contributed by atoms with Crippen LogP contribution in [0, 0.1) is 0 Å². The van der Waals surface area contributed by atoms with Crippen molar-refractivity contribution in [3.8, 4) is 0 Å². The van der Waals surface area contributed by atoms with Gasteiger partial charge >= 0.3 is 0 Å². The molecule has 1 amide bonds. The molecule has 0 radical (unpaired) electrons. The van der Waals surface area contributed by atoms with Crippen LogP contribution >= 0.6 is 12.4 Å². The Kier molecular flexibility index (Phi) is 9.75. The van der Waals surface area contributed by atoms with E-state index in [-0.39, 0.29) is 30.6 Å². The quantitative estimate of drug-likeness (QED) is 0.578. The molecule has 0 fully saturated rings. The van der Waals surface area contributed by atoms with Gasteiger partial charge in [0.25, 0.3) is 0 Å².